The highest BCUT2D eigenvalue weighted by Gasteiger charge is 2.15. The monoisotopic (exact) mass is 148 g/mol. The summed E-state index contributed by atoms with van der Waals surface area (Å²) in [7, 11) is 0. The van der Waals surface area contributed by atoms with Crippen LogP contribution < -0.4 is 0 Å². The molecular weight excluding hydrogens is 136 g/mol. The molecule has 0 bridgehead atoms. The Morgan fingerprint density at radius 3 is 2.73 bits per heavy atom. The van der Waals surface area contributed by atoms with Gasteiger partial charge >= 0.3 is 0 Å². The number of hydrogen-bond acceptors (Lipinski definition) is 2. The van der Waals surface area contributed by atoms with Gasteiger partial charge in [-0.05, 0) is 44.2 Å². The Balaban J connectivity index is 2.62. The van der Waals surface area contributed by atoms with Crippen molar-refractivity contribution < 1.29 is 0 Å². The zero-order chi connectivity index (χ0) is 7.84. The van der Waals surface area contributed by atoms with Crippen molar-refractivity contribution in [2.45, 2.75) is 33.1 Å². The standard InChI is InChI=1S/C9H12N2/c1-6-7(2)10-11-9-5-3-4-8(6)9/h3-5H2,1-2H3. The molecule has 1 aromatic heterocycles. The number of rotatable bonds is 0. The molecule has 0 atom stereocenters. The highest BCUT2D eigenvalue weighted by molar-refractivity contribution is 5.34. The molecule has 0 amide bonds. The molecule has 2 rings (SSSR count). The fourth-order valence-corrected chi connectivity index (χ4v) is 1.67. The molecule has 0 saturated heterocycles. The van der Waals surface area contributed by atoms with Gasteiger partial charge in [0.05, 0.1) is 11.4 Å². The topological polar surface area (TPSA) is 25.8 Å². The molecule has 2 heteroatoms. The Morgan fingerprint density at radius 2 is 1.91 bits per heavy atom. The van der Waals surface area contributed by atoms with E-state index in [2.05, 4.69) is 17.1 Å². The van der Waals surface area contributed by atoms with E-state index in [0.29, 0.717) is 0 Å². The summed E-state index contributed by atoms with van der Waals surface area (Å²) < 4.78 is 0. The molecule has 1 aliphatic rings. The Bertz CT molecular complexity index is 292. The minimum atomic E-state index is 1.09. The molecule has 1 heterocycles. The summed E-state index contributed by atoms with van der Waals surface area (Å²) in [5.74, 6) is 0. The van der Waals surface area contributed by atoms with Gasteiger partial charge in [-0.25, -0.2) is 0 Å². The first-order chi connectivity index (χ1) is 5.29. The summed E-state index contributed by atoms with van der Waals surface area (Å²) in [6, 6.07) is 0. The SMILES string of the molecule is Cc1nnc2c(c1C)CCC2. The van der Waals surface area contributed by atoms with Crippen molar-refractivity contribution in [3.05, 3.63) is 22.5 Å². The van der Waals surface area contributed by atoms with Crippen molar-refractivity contribution >= 4 is 0 Å². The maximum absolute atomic E-state index is 4.17. The first-order valence-corrected chi connectivity index (χ1v) is 4.10. The van der Waals surface area contributed by atoms with Gasteiger partial charge in [0.15, 0.2) is 0 Å². The number of fused-ring (bicyclic) bond motifs is 1. The molecule has 2 nitrogen and oxygen atoms in total. The molecule has 0 saturated carbocycles. The Kier molecular flexibility index (Phi) is 1.41. The van der Waals surface area contributed by atoms with Crippen LogP contribution in [-0.2, 0) is 12.8 Å². The molecule has 1 aromatic rings. The van der Waals surface area contributed by atoms with Crippen LogP contribution in [-0.4, -0.2) is 10.2 Å². The second-order valence-corrected chi connectivity index (χ2v) is 3.19. The summed E-state index contributed by atoms with van der Waals surface area (Å²) in [5.41, 5.74) is 5.13. The van der Waals surface area contributed by atoms with Gasteiger partial charge in [0.25, 0.3) is 0 Å². The molecule has 0 aliphatic heterocycles. The smallest absolute Gasteiger partial charge is 0.0665 e. The van der Waals surface area contributed by atoms with Gasteiger partial charge < -0.3 is 0 Å². The predicted molar refractivity (Wildman–Crippen MR) is 43.5 cm³/mol. The van der Waals surface area contributed by atoms with Crippen molar-refractivity contribution in [2.24, 2.45) is 0 Å². The van der Waals surface area contributed by atoms with E-state index in [-0.39, 0.29) is 0 Å². The summed E-state index contributed by atoms with van der Waals surface area (Å²) >= 11 is 0. The van der Waals surface area contributed by atoms with Crippen LogP contribution in [0.3, 0.4) is 0 Å². The van der Waals surface area contributed by atoms with E-state index in [4.69, 9.17) is 0 Å². The van der Waals surface area contributed by atoms with Crippen LogP contribution in [0, 0.1) is 13.8 Å². The van der Waals surface area contributed by atoms with Crippen LogP contribution >= 0.6 is 0 Å². The molecular formula is C9H12N2. The van der Waals surface area contributed by atoms with Gasteiger partial charge in [-0.3, -0.25) is 0 Å². The van der Waals surface area contributed by atoms with Gasteiger partial charge in [0.1, 0.15) is 0 Å². The van der Waals surface area contributed by atoms with Crippen molar-refractivity contribution in [1.82, 2.24) is 10.2 Å². The van der Waals surface area contributed by atoms with Crippen LogP contribution in [0.25, 0.3) is 0 Å². The molecule has 0 radical (unpaired) electrons. The van der Waals surface area contributed by atoms with Crippen LogP contribution in [0.15, 0.2) is 0 Å². The van der Waals surface area contributed by atoms with E-state index in [1.807, 2.05) is 6.92 Å². The minimum absolute atomic E-state index is 1.09. The van der Waals surface area contributed by atoms with Gasteiger partial charge in [0.2, 0.25) is 0 Å². The van der Waals surface area contributed by atoms with E-state index in [1.54, 1.807) is 0 Å². The van der Waals surface area contributed by atoms with Crippen LogP contribution in [0.1, 0.15) is 28.9 Å². The van der Waals surface area contributed by atoms with Crippen LogP contribution in [0.2, 0.25) is 0 Å². The highest BCUT2D eigenvalue weighted by Crippen LogP contribution is 2.23. The van der Waals surface area contributed by atoms with Crippen molar-refractivity contribution in [1.29, 1.82) is 0 Å². The summed E-state index contributed by atoms with van der Waals surface area (Å²) in [6.45, 7) is 4.18. The van der Waals surface area contributed by atoms with Gasteiger partial charge in [-0.2, -0.15) is 10.2 Å². The predicted octanol–water partition coefficient (Wildman–Crippen LogP) is 1.58. The fraction of sp³-hybridized carbons (Fsp3) is 0.556. The van der Waals surface area contributed by atoms with E-state index in [9.17, 15) is 0 Å². The molecule has 0 unspecified atom stereocenters. The lowest BCUT2D eigenvalue weighted by atomic mass is 10.1. The molecule has 11 heavy (non-hydrogen) atoms. The number of aromatic nitrogens is 2. The molecule has 1 aliphatic carbocycles. The van der Waals surface area contributed by atoms with Crippen LogP contribution in [0.4, 0.5) is 0 Å². The minimum Gasteiger partial charge on any atom is -0.155 e. The Hall–Kier alpha value is -0.920. The first-order valence-electron chi connectivity index (χ1n) is 4.10. The van der Waals surface area contributed by atoms with E-state index >= 15 is 0 Å². The molecule has 0 aromatic carbocycles. The Labute approximate surface area is 66.7 Å². The largest absolute Gasteiger partial charge is 0.155 e. The normalized spacial score (nSPS) is 15.1. The first kappa shape index (κ1) is 6.77. The van der Waals surface area contributed by atoms with Gasteiger partial charge in [-0.1, -0.05) is 0 Å². The van der Waals surface area contributed by atoms with Crippen molar-refractivity contribution in [2.75, 3.05) is 0 Å². The second kappa shape index (κ2) is 2.29. The summed E-state index contributed by atoms with van der Waals surface area (Å²) in [5, 5.41) is 8.27. The molecule has 0 N–H and O–H groups in total. The van der Waals surface area contributed by atoms with E-state index in [0.717, 1.165) is 12.1 Å². The Morgan fingerprint density at radius 1 is 1.09 bits per heavy atom. The van der Waals surface area contributed by atoms with Gasteiger partial charge in [-0.15, -0.1) is 0 Å². The fourth-order valence-electron chi connectivity index (χ4n) is 1.67. The van der Waals surface area contributed by atoms with E-state index < -0.39 is 0 Å². The third-order valence-electron chi connectivity index (χ3n) is 2.50. The number of nitrogens with zero attached hydrogens (tertiary/aromatic N) is 2. The number of hydrogen-bond donors (Lipinski definition) is 0. The maximum atomic E-state index is 4.17. The van der Waals surface area contributed by atoms with E-state index in [1.165, 1.54) is 29.7 Å². The third-order valence-corrected chi connectivity index (χ3v) is 2.50. The van der Waals surface area contributed by atoms with Gasteiger partial charge in [0, 0.05) is 0 Å². The maximum Gasteiger partial charge on any atom is 0.0665 e. The molecule has 0 fully saturated rings. The van der Waals surface area contributed by atoms with Crippen molar-refractivity contribution in [3.8, 4) is 0 Å². The average molecular weight is 148 g/mol. The summed E-state index contributed by atoms with van der Waals surface area (Å²) in [4.78, 5) is 0. The molecule has 58 valence electrons. The average Bonchev–Trinajstić information content (AvgIpc) is 2.45. The quantitative estimate of drug-likeness (QED) is 0.558. The number of aryl methyl sites for hydroxylation is 2. The lowest BCUT2D eigenvalue weighted by Crippen LogP contribution is -1.98. The van der Waals surface area contributed by atoms with Crippen molar-refractivity contribution in [3.63, 3.8) is 0 Å². The third kappa shape index (κ3) is 0.934. The molecule has 0 spiro atoms. The van der Waals surface area contributed by atoms with Crippen LogP contribution in [0.5, 0.6) is 0 Å². The second-order valence-electron chi connectivity index (χ2n) is 3.19. The zero-order valence-electron chi connectivity index (χ0n) is 7.02. The lowest BCUT2D eigenvalue weighted by Gasteiger charge is -2.03. The highest BCUT2D eigenvalue weighted by atomic mass is 15.1. The zero-order valence-corrected chi connectivity index (χ0v) is 7.02. The lowest BCUT2D eigenvalue weighted by molar-refractivity contribution is 0.869. The summed E-state index contributed by atoms with van der Waals surface area (Å²) in [6.07, 6.45) is 3.59.